The van der Waals surface area contributed by atoms with E-state index in [1.165, 1.54) is 12.1 Å². The second kappa shape index (κ2) is 11.5. The van der Waals surface area contributed by atoms with Gasteiger partial charge in [-0.05, 0) is 36.8 Å². The number of nitrogens with one attached hydrogen (secondary N) is 2. The SMILES string of the molecule is CCC(=O)c1nn(-c2ccccc2)c(NC(=O)N[C@@H]2CN(CCOC)C[C@H]2c2ccc(F)cc2)c1C. The van der Waals surface area contributed by atoms with Crippen LogP contribution in [0.5, 0.6) is 0 Å². The van der Waals surface area contributed by atoms with Crippen LogP contribution in [0.2, 0.25) is 0 Å². The molecule has 4 rings (SSSR count). The van der Waals surface area contributed by atoms with Crippen LogP contribution in [-0.4, -0.2) is 65.9 Å². The van der Waals surface area contributed by atoms with Crippen LogP contribution in [0.1, 0.15) is 40.9 Å². The third kappa shape index (κ3) is 5.63. The molecule has 9 heteroatoms. The standard InChI is InChI=1S/C27H32FN5O3/c1-4-24(34)25-18(2)26(33(31-25)21-8-6-5-7-9-21)30-27(35)29-23-17-32(14-15-36-3)16-22(23)19-10-12-20(28)13-11-19/h5-13,22-23H,4,14-17H2,1-3H3,(H2,29,30,35)/t22-,23+/m0/s1. The van der Waals surface area contributed by atoms with Gasteiger partial charge in [-0.15, -0.1) is 0 Å². The number of amides is 2. The summed E-state index contributed by atoms with van der Waals surface area (Å²) in [5.41, 5.74) is 2.65. The number of ketones is 1. The maximum atomic E-state index is 13.5. The number of aromatic nitrogens is 2. The van der Waals surface area contributed by atoms with Crippen LogP contribution in [0.25, 0.3) is 5.69 Å². The summed E-state index contributed by atoms with van der Waals surface area (Å²) in [5, 5.41) is 10.6. The number of para-hydroxylation sites is 1. The topological polar surface area (TPSA) is 88.5 Å². The van der Waals surface area contributed by atoms with Crippen LogP contribution in [0, 0.1) is 12.7 Å². The van der Waals surface area contributed by atoms with Gasteiger partial charge in [0, 0.05) is 44.6 Å². The first-order chi connectivity index (χ1) is 17.4. The predicted octanol–water partition coefficient (Wildman–Crippen LogP) is 4.15. The van der Waals surface area contributed by atoms with E-state index >= 15 is 0 Å². The number of ether oxygens (including phenoxy) is 1. The van der Waals surface area contributed by atoms with Crippen molar-refractivity contribution in [2.45, 2.75) is 32.2 Å². The van der Waals surface area contributed by atoms with Crippen molar-refractivity contribution >= 4 is 17.6 Å². The first kappa shape index (κ1) is 25.5. The summed E-state index contributed by atoms with van der Waals surface area (Å²) < 4.78 is 20.3. The number of Topliss-reactive ketones (excluding diaryl/α,β-unsaturated/α-hetero) is 1. The molecule has 1 aromatic heterocycles. The number of hydrogen-bond acceptors (Lipinski definition) is 5. The van der Waals surface area contributed by atoms with Crippen molar-refractivity contribution in [3.8, 4) is 5.69 Å². The molecule has 2 heterocycles. The quantitative estimate of drug-likeness (QED) is 0.437. The molecule has 1 saturated heterocycles. The van der Waals surface area contributed by atoms with Crippen LogP contribution >= 0.6 is 0 Å². The third-order valence-corrected chi connectivity index (χ3v) is 6.56. The Kier molecular flexibility index (Phi) is 8.12. The van der Waals surface area contributed by atoms with Gasteiger partial charge < -0.3 is 10.1 Å². The smallest absolute Gasteiger partial charge is 0.320 e. The molecular formula is C27H32FN5O3. The number of benzene rings is 2. The molecule has 2 N–H and O–H groups in total. The Morgan fingerprint density at radius 2 is 1.83 bits per heavy atom. The molecular weight excluding hydrogens is 461 g/mol. The van der Waals surface area contributed by atoms with Crippen LogP contribution in [-0.2, 0) is 4.74 Å². The van der Waals surface area contributed by atoms with Crippen LogP contribution < -0.4 is 10.6 Å². The summed E-state index contributed by atoms with van der Waals surface area (Å²) in [7, 11) is 1.66. The van der Waals surface area contributed by atoms with Crippen molar-refractivity contribution in [1.29, 1.82) is 0 Å². The summed E-state index contributed by atoms with van der Waals surface area (Å²) in [6.45, 7) is 6.24. The summed E-state index contributed by atoms with van der Waals surface area (Å²) in [6, 6.07) is 15.2. The van der Waals surface area contributed by atoms with Gasteiger partial charge in [-0.25, -0.2) is 13.9 Å². The summed E-state index contributed by atoms with van der Waals surface area (Å²) in [6.07, 6.45) is 0.316. The molecule has 2 atom stereocenters. The lowest BCUT2D eigenvalue weighted by molar-refractivity contribution is 0.0982. The number of methoxy groups -OCH3 is 1. The van der Waals surface area contributed by atoms with Crippen molar-refractivity contribution in [2.24, 2.45) is 0 Å². The molecule has 2 aromatic carbocycles. The lowest BCUT2D eigenvalue weighted by Crippen LogP contribution is -2.42. The summed E-state index contributed by atoms with van der Waals surface area (Å²) >= 11 is 0. The molecule has 0 aliphatic carbocycles. The molecule has 0 spiro atoms. The Morgan fingerprint density at radius 1 is 1.11 bits per heavy atom. The van der Waals surface area contributed by atoms with Crippen molar-refractivity contribution in [3.63, 3.8) is 0 Å². The Morgan fingerprint density at radius 3 is 2.50 bits per heavy atom. The third-order valence-electron chi connectivity index (χ3n) is 6.56. The van der Waals surface area contributed by atoms with E-state index in [9.17, 15) is 14.0 Å². The van der Waals surface area contributed by atoms with E-state index in [-0.39, 0.29) is 23.6 Å². The lowest BCUT2D eigenvalue weighted by Gasteiger charge is -2.21. The first-order valence-electron chi connectivity index (χ1n) is 12.1. The molecule has 3 aromatic rings. The molecule has 0 radical (unpaired) electrons. The number of carbonyl (C=O) groups is 2. The fourth-order valence-electron chi connectivity index (χ4n) is 4.63. The van der Waals surface area contributed by atoms with E-state index in [1.807, 2.05) is 30.3 Å². The lowest BCUT2D eigenvalue weighted by atomic mass is 9.94. The fraction of sp³-hybridized carbons (Fsp3) is 0.370. The normalized spacial score (nSPS) is 17.8. The highest BCUT2D eigenvalue weighted by Gasteiger charge is 2.35. The van der Waals surface area contributed by atoms with Gasteiger partial charge in [-0.3, -0.25) is 15.0 Å². The van der Waals surface area contributed by atoms with E-state index in [0.717, 1.165) is 24.3 Å². The molecule has 190 valence electrons. The first-order valence-corrected chi connectivity index (χ1v) is 12.1. The van der Waals surface area contributed by atoms with E-state index in [4.69, 9.17) is 4.74 Å². The Balaban J connectivity index is 1.57. The van der Waals surface area contributed by atoms with E-state index in [2.05, 4.69) is 20.6 Å². The second-order valence-electron chi connectivity index (χ2n) is 8.96. The van der Waals surface area contributed by atoms with Gasteiger partial charge in [0.15, 0.2) is 5.78 Å². The summed E-state index contributed by atoms with van der Waals surface area (Å²) in [4.78, 5) is 28.0. The minimum atomic E-state index is -0.392. The molecule has 0 saturated carbocycles. The molecule has 1 aliphatic heterocycles. The molecule has 1 aliphatic rings. The minimum Gasteiger partial charge on any atom is -0.383 e. The summed E-state index contributed by atoms with van der Waals surface area (Å²) in [5.74, 6) is 0.0533. The number of rotatable bonds is 9. The molecule has 1 fully saturated rings. The number of urea groups is 1. The number of carbonyl (C=O) groups excluding carboxylic acids is 2. The van der Waals surface area contributed by atoms with E-state index in [0.29, 0.717) is 36.6 Å². The van der Waals surface area contributed by atoms with Crippen LogP contribution in [0.3, 0.4) is 0 Å². The highest BCUT2D eigenvalue weighted by atomic mass is 19.1. The van der Waals surface area contributed by atoms with Crippen molar-refractivity contribution < 1.29 is 18.7 Å². The molecule has 0 unspecified atom stereocenters. The van der Waals surface area contributed by atoms with Crippen molar-refractivity contribution in [1.82, 2.24) is 20.0 Å². The number of nitrogens with zero attached hydrogens (tertiary/aromatic N) is 3. The van der Waals surface area contributed by atoms with Crippen molar-refractivity contribution in [3.05, 3.63) is 77.2 Å². The molecule has 8 nitrogen and oxygen atoms in total. The fourth-order valence-corrected chi connectivity index (χ4v) is 4.63. The van der Waals surface area contributed by atoms with Gasteiger partial charge in [0.1, 0.15) is 17.3 Å². The van der Waals surface area contributed by atoms with Gasteiger partial charge in [0.05, 0.1) is 18.3 Å². The van der Waals surface area contributed by atoms with Crippen LogP contribution in [0.15, 0.2) is 54.6 Å². The Bertz CT molecular complexity index is 1200. The zero-order valence-electron chi connectivity index (χ0n) is 20.8. The maximum Gasteiger partial charge on any atom is 0.320 e. The second-order valence-corrected chi connectivity index (χ2v) is 8.96. The Labute approximate surface area is 210 Å². The average molecular weight is 494 g/mol. The highest BCUT2D eigenvalue weighted by Crippen LogP contribution is 2.29. The van der Waals surface area contributed by atoms with Gasteiger partial charge >= 0.3 is 6.03 Å². The average Bonchev–Trinajstić information content (AvgIpc) is 3.44. The van der Waals surface area contributed by atoms with Gasteiger partial charge in [-0.1, -0.05) is 37.3 Å². The maximum absolute atomic E-state index is 13.5. The monoisotopic (exact) mass is 493 g/mol. The largest absolute Gasteiger partial charge is 0.383 e. The van der Waals surface area contributed by atoms with Gasteiger partial charge in [0.25, 0.3) is 0 Å². The minimum absolute atomic E-state index is 0.00873. The predicted molar refractivity (Wildman–Crippen MR) is 136 cm³/mol. The van der Waals surface area contributed by atoms with E-state index in [1.54, 1.807) is 37.8 Å². The van der Waals surface area contributed by atoms with Gasteiger partial charge in [-0.2, -0.15) is 5.10 Å². The Hall–Kier alpha value is -3.56. The number of hydrogen-bond donors (Lipinski definition) is 2. The zero-order chi connectivity index (χ0) is 25.7. The van der Waals surface area contributed by atoms with Crippen molar-refractivity contribution in [2.75, 3.05) is 38.7 Å². The van der Waals surface area contributed by atoms with Crippen LogP contribution in [0.4, 0.5) is 15.0 Å². The number of halogens is 1. The zero-order valence-corrected chi connectivity index (χ0v) is 20.8. The van der Waals surface area contributed by atoms with Gasteiger partial charge in [0.2, 0.25) is 0 Å². The number of likely N-dealkylation sites (tertiary alicyclic amines) is 1. The van der Waals surface area contributed by atoms with E-state index < -0.39 is 6.03 Å². The number of anilines is 1. The molecule has 0 bridgehead atoms. The molecule has 2 amide bonds. The molecule has 36 heavy (non-hydrogen) atoms. The highest BCUT2D eigenvalue weighted by molar-refractivity contribution is 5.98.